The van der Waals surface area contributed by atoms with Crippen molar-refractivity contribution in [3.8, 4) is 0 Å². The Balaban J connectivity index is 1.78. The lowest BCUT2D eigenvalue weighted by molar-refractivity contribution is -0.0473. The van der Waals surface area contributed by atoms with Crippen LogP contribution in [0.3, 0.4) is 0 Å². The monoisotopic (exact) mass is 358 g/mol. The number of nitrogens with zero attached hydrogens (tertiary/aromatic N) is 2. The summed E-state index contributed by atoms with van der Waals surface area (Å²) in [5.41, 5.74) is -1.08. The first-order chi connectivity index (χ1) is 12.4. The van der Waals surface area contributed by atoms with Crippen molar-refractivity contribution in [2.45, 2.75) is 31.4 Å². The van der Waals surface area contributed by atoms with E-state index in [0.29, 0.717) is 25.9 Å². The van der Waals surface area contributed by atoms with Crippen LogP contribution in [0.15, 0.2) is 12.1 Å². The normalized spacial score (nSPS) is 23.6. The molecule has 1 N–H and O–H groups in total. The maximum absolute atomic E-state index is 14.6. The number of carbonyl (C=O) groups is 1. The predicted octanol–water partition coefficient (Wildman–Crippen LogP) is 2.29. The molecule has 2 saturated heterocycles. The van der Waals surface area contributed by atoms with E-state index in [1.54, 1.807) is 4.90 Å². The first-order valence-electron chi connectivity index (χ1n) is 8.80. The fourth-order valence-corrected chi connectivity index (χ4v) is 3.30. The summed E-state index contributed by atoms with van der Waals surface area (Å²) >= 11 is 0. The number of ether oxygens (including phenoxy) is 2. The molecule has 1 atom stereocenters. The zero-order chi connectivity index (χ0) is 18.9. The molecule has 0 aromatic heterocycles. The highest BCUT2D eigenvalue weighted by molar-refractivity contribution is 5.90. The summed E-state index contributed by atoms with van der Waals surface area (Å²) in [6.45, 7) is 0.746. The molecular weight excluding hydrogens is 334 g/mol. The summed E-state index contributed by atoms with van der Waals surface area (Å²) in [7, 11) is 1.50. The molecule has 0 saturated carbocycles. The van der Waals surface area contributed by atoms with Crippen LogP contribution in [-0.2, 0) is 9.47 Å². The van der Waals surface area contributed by atoms with Crippen LogP contribution in [0.2, 0.25) is 0 Å². The number of hydrogen-bond acceptors (Lipinski definition) is 5. The van der Waals surface area contributed by atoms with Crippen LogP contribution in [0.25, 0.3) is 0 Å². The minimum absolute atomic E-state index is 0.0672. The number of rotatable bonds is 4. The molecule has 1 aromatic rings. The van der Waals surface area contributed by atoms with Gasteiger partial charge in [-0.3, -0.25) is 4.90 Å². The van der Waals surface area contributed by atoms with Gasteiger partial charge in [-0.15, -0.1) is 0 Å². The van der Waals surface area contributed by atoms with E-state index in [-0.39, 0.29) is 31.4 Å². The zero-order valence-corrected chi connectivity index (χ0v) is 14.0. The highest BCUT2D eigenvalue weighted by Crippen LogP contribution is 2.34. The maximum Gasteiger partial charge on any atom is 0.414 e. The number of cyclic esters (lactones) is 1. The second-order valence-corrected chi connectivity index (χ2v) is 6.52. The Morgan fingerprint density at radius 2 is 2.04 bits per heavy atom. The molecule has 0 radical (unpaired) electrons. The third kappa shape index (κ3) is 3.55. The van der Waals surface area contributed by atoms with Crippen molar-refractivity contribution in [3.63, 3.8) is 0 Å². The maximum atomic E-state index is 14.6. The van der Waals surface area contributed by atoms with E-state index >= 15 is 0 Å². The van der Waals surface area contributed by atoms with Gasteiger partial charge in [0.25, 0.3) is 0 Å². The first-order valence-corrected chi connectivity index (χ1v) is 8.09. The van der Waals surface area contributed by atoms with Crippen molar-refractivity contribution in [3.05, 3.63) is 23.8 Å². The second-order valence-electron chi connectivity index (χ2n) is 6.52. The van der Waals surface area contributed by atoms with E-state index < -0.39 is 29.4 Å². The summed E-state index contributed by atoms with van der Waals surface area (Å²) in [6, 6.07) is 2.20. The van der Waals surface area contributed by atoms with Crippen LogP contribution in [-0.4, -0.2) is 56.3 Å². The summed E-state index contributed by atoms with van der Waals surface area (Å²) in [6.07, 6.45) is -0.638. The standard InChI is InChI=1S/C17H22F2N2O4/c1-11-9-21(16(22)25-11)12-7-13(18)15(14(19)8-12)20-5-3-17(23,4-6-20)10-24-2/h7-8,11,23H,3-6,9-10H2,1-2H3/t11-/m0/s1/i1T. The van der Waals surface area contributed by atoms with Crippen LogP contribution in [0, 0.1) is 11.6 Å². The Kier molecular flexibility index (Phi) is 4.47. The van der Waals surface area contributed by atoms with Gasteiger partial charge in [0.05, 0.1) is 24.4 Å². The van der Waals surface area contributed by atoms with Gasteiger partial charge in [0.1, 0.15) is 11.8 Å². The van der Waals surface area contributed by atoms with Crippen LogP contribution in [0.5, 0.6) is 0 Å². The molecule has 3 rings (SSSR count). The number of hydrogen-bond donors (Lipinski definition) is 1. The van der Waals surface area contributed by atoms with E-state index in [4.69, 9.17) is 10.8 Å². The number of piperidine rings is 1. The average molecular weight is 358 g/mol. The minimum Gasteiger partial charge on any atom is -0.444 e. The van der Waals surface area contributed by atoms with Gasteiger partial charge >= 0.3 is 6.09 Å². The van der Waals surface area contributed by atoms with Gasteiger partial charge < -0.3 is 19.5 Å². The predicted molar refractivity (Wildman–Crippen MR) is 87.9 cm³/mol. The van der Waals surface area contributed by atoms with Gasteiger partial charge in [0.2, 0.25) is 0 Å². The zero-order valence-electron chi connectivity index (χ0n) is 15.0. The van der Waals surface area contributed by atoms with Crippen molar-refractivity contribution in [2.75, 3.05) is 43.2 Å². The van der Waals surface area contributed by atoms with Crippen molar-refractivity contribution in [1.29, 1.82) is 0 Å². The Labute approximate surface area is 146 Å². The first kappa shape index (κ1) is 16.5. The summed E-state index contributed by atoms with van der Waals surface area (Å²) in [4.78, 5) is 14.5. The van der Waals surface area contributed by atoms with Gasteiger partial charge in [-0.05, 0) is 19.7 Å². The SMILES string of the molecule is [3H]C[C@H]1CN(c2cc(F)c(N3CCC(O)(COC)CC3)c(F)c2)C(=O)O1. The molecule has 25 heavy (non-hydrogen) atoms. The lowest BCUT2D eigenvalue weighted by atomic mass is 9.92. The van der Waals surface area contributed by atoms with E-state index in [1.165, 1.54) is 7.11 Å². The largest absolute Gasteiger partial charge is 0.444 e. The lowest BCUT2D eigenvalue weighted by Gasteiger charge is -2.39. The van der Waals surface area contributed by atoms with Gasteiger partial charge in [-0.1, -0.05) is 0 Å². The second kappa shape index (κ2) is 6.76. The molecule has 2 fully saturated rings. The third-order valence-electron chi connectivity index (χ3n) is 4.61. The fraction of sp³-hybridized carbons (Fsp3) is 0.588. The van der Waals surface area contributed by atoms with Crippen LogP contribution >= 0.6 is 0 Å². The van der Waals surface area contributed by atoms with E-state index in [1.807, 2.05) is 0 Å². The molecule has 6 nitrogen and oxygen atoms in total. The van der Waals surface area contributed by atoms with Crippen LogP contribution < -0.4 is 9.80 Å². The van der Waals surface area contributed by atoms with E-state index in [2.05, 4.69) is 0 Å². The molecule has 1 aromatic carbocycles. The van der Waals surface area contributed by atoms with Gasteiger partial charge in [0, 0.05) is 33.7 Å². The summed E-state index contributed by atoms with van der Waals surface area (Å²) < 4.78 is 46.4. The van der Waals surface area contributed by atoms with Crippen LogP contribution in [0.4, 0.5) is 25.0 Å². The third-order valence-corrected chi connectivity index (χ3v) is 4.61. The lowest BCUT2D eigenvalue weighted by Crippen LogP contribution is -2.47. The Morgan fingerprint density at radius 3 is 2.56 bits per heavy atom. The number of benzene rings is 1. The minimum atomic E-state index is -0.983. The number of anilines is 2. The number of carbonyl (C=O) groups excluding carboxylic acids is 1. The fourth-order valence-electron chi connectivity index (χ4n) is 3.30. The van der Waals surface area contributed by atoms with E-state index in [0.717, 1.165) is 17.0 Å². The molecule has 0 spiro atoms. The topological polar surface area (TPSA) is 62.2 Å². The summed E-state index contributed by atoms with van der Waals surface area (Å²) in [5.74, 6) is -1.56. The van der Waals surface area contributed by atoms with Gasteiger partial charge in [-0.2, -0.15) is 0 Å². The molecule has 2 aliphatic rings. The molecule has 8 heteroatoms. The van der Waals surface area contributed by atoms with Gasteiger partial charge in [0.15, 0.2) is 11.6 Å². The highest BCUT2D eigenvalue weighted by atomic mass is 19.1. The Bertz CT molecular complexity index is 660. The van der Waals surface area contributed by atoms with Crippen molar-refractivity contribution >= 4 is 17.5 Å². The molecule has 0 aliphatic carbocycles. The molecule has 0 bridgehead atoms. The molecule has 1 amide bonds. The molecule has 0 unspecified atom stereocenters. The number of aliphatic hydroxyl groups is 1. The average Bonchev–Trinajstić information content (AvgIpc) is 2.97. The number of methoxy groups -OCH3 is 1. The van der Waals surface area contributed by atoms with Crippen molar-refractivity contribution < 1.29 is 29.5 Å². The molecule has 138 valence electrons. The summed E-state index contributed by atoms with van der Waals surface area (Å²) in [5, 5.41) is 10.3. The van der Waals surface area contributed by atoms with Gasteiger partial charge in [-0.25, -0.2) is 13.6 Å². The van der Waals surface area contributed by atoms with Crippen molar-refractivity contribution in [2.24, 2.45) is 0 Å². The quantitative estimate of drug-likeness (QED) is 0.895. The molecular formula is C17H22F2N2O4. The Morgan fingerprint density at radius 1 is 1.40 bits per heavy atom. The highest BCUT2D eigenvalue weighted by Gasteiger charge is 2.35. The molecule has 2 heterocycles. The van der Waals surface area contributed by atoms with E-state index in [9.17, 15) is 18.7 Å². The van der Waals surface area contributed by atoms with Crippen molar-refractivity contribution in [1.82, 2.24) is 0 Å². The number of amides is 1. The number of halogens is 2. The Hall–Kier alpha value is -1.93. The van der Waals surface area contributed by atoms with Crippen LogP contribution in [0.1, 0.15) is 21.1 Å². The molecule has 2 aliphatic heterocycles. The smallest absolute Gasteiger partial charge is 0.414 e.